The van der Waals surface area contributed by atoms with Gasteiger partial charge in [-0.05, 0) is 31.9 Å². The second-order valence-electron chi connectivity index (χ2n) is 9.68. The molecule has 0 aromatic heterocycles. The van der Waals surface area contributed by atoms with Crippen molar-refractivity contribution in [1.82, 2.24) is 0 Å². The van der Waals surface area contributed by atoms with E-state index in [2.05, 4.69) is 56.9 Å². The highest BCUT2D eigenvalue weighted by atomic mass is 15.2. The predicted octanol–water partition coefficient (Wildman–Crippen LogP) is 8.87. The average Bonchev–Trinajstić information content (AvgIpc) is 2.88. The Morgan fingerprint density at radius 3 is 1.71 bits per heavy atom. The molecule has 1 aromatic carbocycles. The van der Waals surface area contributed by atoms with Crippen molar-refractivity contribution in [1.29, 1.82) is 0 Å². The molecule has 1 atom stereocenters. The van der Waals surface area contributed by atoms with Crippen molar-refractivity contribution >= 4 is 5.69 Å². The zero-order valence-electron chi connectivity index (χ0n) is 19.4. The van der Waals surface area contributed by atoms with E-state index in [-0.39, 0.29) is 5.54 Å². The van der Waals surface area contributed by atoms with Crippen LogP contribution in [0.25, 0.3) is 0 Å². The normalized spacial score (nSPS) is 17.9. The van der Waals surface area contributed by atoms with Crippen LogP contribution in [0.2, 0.25) is 0 Å². The molecule has 160 valence electrons. The fourth-order valence-electron chi connectivity index (χ4n) is 4.90. The van der Waals surface area contributed by atoms with E-state index in [1.54, 1.807) is 0 Å². The third-order valence-corrected chi connectivity index (χ3v) is 7.18. The zero-order valence-corrected chi connectivity index (χ0v) is 19.4. The lowest BCUT2D eigenvalue weighted by molar-refractivity contribution is 0.416. The topological polar surface area (TPSA) is 3.24 Å². The minimum absolute atomic E-state index is 0.250. The number of hydrogen-bond acceptors (Lipinski definition) is 1. The van der Waals surface area contributed by atoms with E-state index in [0.717, 1.165) is 0 Å². The Kier molecular flexibility index (Phi) is 10.4. The van der Waals surface area contributed by atoms with E-state index in [4.69, 9.17) is 0 Å². The van der Waals surface area contributed by atoms with Crippen molar-refractivity contribution < 1.29 is 0 Å². The van der Waals surface area contributed by atoms with Crippen molar-refractivity contribution in [2.24, 2.45) is 0 Å². The van der Waals surface area contributed by atoms with Crippen LogP contribution in [0.3, 0.4) is 0 Å². The number of unbranched alkanes of at least 4 members (excludes halogenated alkanes) is 13. The van der Waals surface area contributed by atoms with E-state index >= 15 is 0 Å². The molecule has 1 aliphatic rings. The summed E-state index contributed by atoms with van der Waals surface area (Å²) in [5, 5.41) is 0. The number of anilines is 1. The van der Waals surface area contributed by atoms with Crippen LogP contribution in [-0.4, -0.2) is 12.1 Å². The van der Waals surface area contributed by atoms with Crippen LogP contribution in [0.4, 0.5) is 5.69 Å². The molecular formula is C27H47N. The highest BCUT2D eigenvalue weighted by Gasteiger charge is 2.41. The second kappa shape index (κ2) is 12.6. The minimum atomic E-state index is 0.250. The molecule has 2 rings (SSSR count). The van der Waals surface area contributed by atoms with Gasteiger partial charge >= 0.3 is 0 Å². The quantitative estimate of drug-likeness (QED) is 0.272. The SMILES string of the molecule is CCCCCCCCCCCCCCCCN1c2ccccc2C(C)C1(C)C. The summed E-state index contributed by atoms with van der Waals surface area (Å²) >= 11 is 0. The van der Waals surface area contributed by atoms with Crippen LogP contribution < -0.4 is 4.90 Å². The number of nitrogens with zero attached hydrogens (tertiary/aromatic N) is 1. The lowest BCUT2D eigenvalue weighted by Crippen LogP contribution is -2.43. The van der Waals surface area contributed by atoms with Crippen LogP contribution in [0.5, 0.6) is 0 Å². The monoisotopic (exact) mass is 385 g/mol. The molecule has 1 heteroatoms. The first-order valence-electron chi connectivity index (χ1n) is 12.5. The summed E-state index contributed by atoms with van der Waals surface area (Å²) < 4.78 is 0. The molecule has 0 amide bonds. The summed E-state index contributed by atoms with van der Waals surface area (Å²) in [5.74, 6) is 0.621. The Balaban J connectivity index is 1.49. The van der Waals surface area contributed by atoms with Gasteiger partial charge in [-0.3, -0.25) is 0 Å². The van der Waals surface area contributed by atoms with Gasteiger partial charge in [0.1, 0.15) is 0 Å². The first kappa shape index (κ1) is 23.3. The Hall–Kier alpha value is -0.980. The average molecular weight is 386 g/mol. The third kappa shape index (κ3) is 6.82. The second-order valence-corrected chi connectivity index (χ2v) is 9.68. The van der Waals surface area contributed by atoms with Gasteiger partial charge in [-0.25, -0.2) is 0 Å². The fourth-order valence-corrected chi connectivity index (χ4v) is 4.90. The molecule has 28 heavy (non-hydrogen) atoms. The molecule has 0 spiro atoms. The highest BCUT2D eigenvalue weighted by Crippen LogP contribution is 2.47. The van der Waals surface area contributed by atoms with Crippen LogP contribution in [0, 0.1) is 0 Å². The van der Waals surface area contributed by atoms with Gasteiger partial charge in [-0.1, -0.05) is 116 Å². The molecule has 0 saturated heterocycles. The molecule has 1 unspecified atom stereocenters. The van der Waals surface area contributed by atoms with Gasteiger partial charge in [0, 0.05) is 23.7 Å². The Morgan fingerprint density at radius 1 is 0.714 bits per heavy atom. The minimum Gasteiger partial charge on any atom is -0.366 e. The molecule has 1 aromatic rings. The summed E-state index contributed by atoms with van der Waals surface area (Å²) in [7, 11) is 0. The van der Waals surface area contributed by atoms with Gasteiger partial charge in [0.25, 0.3) is 0 Å². The number of benzene rings is 1. The van der Waals surface area contributed by atoms with Crippen LogP contribution in [0.1, 0.15) is 129 Å². The molecule has 1 aliphatic heterocycles. The van der Waals surface area contributed by atoms with Crippen molar-refractivity contribution in [2.45, 2.75) is 129 Å². The summed E-state index contributed by atoms with van der Waals surface area (Å²) in [6, 6.07) is 9.05. The zero-order chi connectivity index (χ0) is 20.2. The molecular weight excluding hydrogens is 338 g/mol. The number of fused-ring (bicyclic) bond motifs is 1. The van der Waals surface area contributed by atoms with Gasteiger partial charge in [0.15, 0.2) is 0 Å². The standard InChI is InChI=1S/C27H47N/c1-5-6-7-8-9-10-11-12-13-14-15-16-17-20-23-28-26-22-19-18-21-25(26)24(2)27(28,3)4/h18-19,21-22,24H,5-17,20,23H2,1-4H3. The van der Waals surface area contributed by atoms with Crippen molar-refractivity contribution in [3.63, 3.8) is 0 Å². The summed E-state index contributed by atoms with van der Waals surface area (Å²) in [6.07, 6.45) is 20.1. The van der Waals surface area contributed by atoms with Crippen molar-refractivity contribution in [3.8, 4) is 0 Å². The predicted molar refractivity (Wildman–Crippen MR) is 127 cm³/mol. The maximum atomic E-state index is 2.67. The van der Waals surface area contributed by atoms with E-state index in [0.29, 0.717) is 5.92 Å². The molecule has 0 radical (unpaired) electrons. The molecule has 1 nitrogen and oxygen atoms in total. The van der Waals surface area contributed by atoms with Gasteiger partial charge in [0.05, 0.1) is 0 Å². The van der Waals surface area contributed by atoms with Crippen molar-refractivity contribution in [3.05, 3.63) is 29.8 Å². The lowest BCUT2D eigenvalue weighted by Gasteiger charge is -2.37. The third-order valence-electron chi connectivity index (χ3n) is 7.18. The van der Waals surface area contributed by atoms with E-state index in [1.807, 2.05) is 0 Å². The Bertz CT molecular complexity index is 533. The largest absolute Gasteiger partial charge is 0.366 e. The molecule has 0 bridgehead atoms. The van der Waals surface area contributed by atoms with Gasteiger partial charge in [-0.15, -0.1) is 0 Å². The lowest BCUT2D eigenvalue weighted by atomic mass is 9.87. The van der Waals surface area contributed by atoms with Crippen molar-refractivity contribution in [2.75, 3.05) is 11.4 Å². The first-order valence-corrected chi connectivity index (χ1v) is 12.5. The smallest absolute Gasteiger partial charge is 0.0412 e. The Labute approximate surface area is 176 Å². The van der Waals surface area contributed by atoms with Gasteiger partial charge < -0.3 is 4.90 Å². The van der Waals surface area contributed by atoms with Gasteiger partial charge in [0.2, 0.25) is 0 Å². The molecule has 0 saturated carbocycles. The Morgan fingerprint density at radius 2 is 1.18 bits per heavy atom. The highest BCUT2D eigenvalue weighted by molar-refractivity contribution is 5.63. The molecule has 1 heterocycles. The number of hydrogen-bond donors (Lipinski definition) is 0. The molecule has 0 fully saturated rings. The maximum absolute atomic E-state index is 2.67. The van der Waals surface area contributed by atoms with E-state index < -0.39 is 0 Å². The molecule has 0 N–H and O–H groups in total. The van der Waals surface area contributed by atoms with Crippen LogP contribution in [0.15, 0.2) is 24.3 Å². The van der Waals surface area contributed by atoms with Crippen LogP contribution in [-0.2, 0) is 0 Å². The van der Waals surface area contributed by atoms with Gasteiger partial charge in [-0.2, -0.15) is 0 Å². The van der Waals surface area contributed by atoms with Crippen LogP contribution >= 0.6 is 0 Å². The number of para-hydroxylation sites is 1. The molecule has 0 aliphatic carbocycles. The van der Waals surface area contributed by atoms with E-state index in [9.17, 15) is 0 Å². The first-order chi connectivity index (χ1) is 13.6. The summed E-state index contributed by atoms with van der Waals surface area (Å²) in [5.41, 5.74) is 3.27. The number of rotatable bonds is 15. The maximum Gasteiger partial charge on any atom is 0.0412 e. The summed E-state index contributed by atoms with van der Waals surface area (Å²) in [6.45, 7) is 10.7. The fraction of sp³-hybridized carbons (Fsp3) is 0.778. The van der Waals surface area contributed by atoms with E-state index in [1.165, 1.54) is 108 Å². The summed E-state index contributed by atoms with van der Waals surface area (Å²) in [4.78, 5) is 2.67.